The average Bonchev–Trinajstić information content (AvgIpc) is 3.63. The van der Waals surface area contributed by atoms with E-state index in [4.69, 9.17) is 0 Å². The molecule has 10 nitrogen and oxygen atoms in total. The van der Waals surface area contributed by atoms with Crippen LogP contribution in [0.1, 0.15) is 46.2 Å². The minimum Gasteiger partial charge on any atom is -0.340 e. The molecule has 198 valence electrons. The summed E-state index contributed by atoms with van der Waals surface area (Å²) in [5.74, 6) is -1.26. The molecule has 0 aliphatic carbocycles. The zero-order chi connectivity index (χ0) is 27.0. The Bertz CT molecular complexity index is 1490. The van der Waals surface area contributed by atoms with Crippen molar-refractivity contribution < 1.29 is 27.6 Å². The number of carbonyl (C=O) groups excluding carboxylic acids is 4. The molecule has 2 fully saturated rings. The molecule has 4 heterocycles. The molecule has 3 unspecified atom stereocenters. The number of hydrogen-bond donors (Lipinski definition) is 1. The Morgan fingerprint density at radius 2 is 1.97 bits per heavy atom. The molecule has 0 bridgehead atoms. The van der Waals surface area contributed by atoms with Crippen molar-refractivity contribution in [1.82, 2.24) is 19.5 Å². The predicted molar refractivity (Wildman–Crippen MR) is 141 cm³/mol. The number of fused-ring (bicyclic) bond motifs is 2. The summed E-state index contributed by atoms with van der Waals surface area (Å²) in [6, 6.07) is 9.48. The van der Waals surface area contributed by atoms with Crippen LogP contribution in [0, 0.1) is 0 Å². The van der Waals surface area contributed by atoms with Crippen molar-refractivity contribution in [3.8, 4) is 0 Å². The number of sulfonamides is 1. The molecule has 1 N–H and O–H groups in total. The average molecular weight is 555 g/mol. The molecule has 2 amide bonds. The van der Waals surface area contributed by atoms with Gasteiger partial charge in [-0.25, -0.2) is 8.42 Å². The van der Waals surface area contributed by atoms with Gasteiger partial charge in [0.25, 0.3) is 21.0 Å². The third-order valence-electron chi connectivity index (χ3n) is 6.93. The lowest BCUT2D eigenvalue weighted by atomic mass is 10.1. The normalized spacial score (nSPS) is 20.4. The fourth-order valence-corrected chi connectivity index (χ4v) is 7.62. The van der Waals surface area contributed by atoms with E-state index >= 15 is 0 Å². The van der Waals surface area contributed by atoms with Gasteiger partial charge in [-0.05, 0) is 42.5 Å². The van der Waals surface area contributed by atoms with Crippen LogP contribution < -0.4 is 5.32 Å². The van der Waals surface area contributed by atoms with E-state index in [0.29, 0.717) is 17.7 Å². The van der Waals surface area contributed by atoms with E-state index in [9.17, 15) is 27.6 Å². The van der Waals surface area contributed by atoms with Gasteiger partial charge in [0.15, 0.2) is 5.78 Å². The molecule has 3 aromatic rings. The number of ketones is 1. The molecule has 2 aliphatic heterocycles. The zero-order valence-electron chi connectivity index (χ0n) is 20.6. The molecule has 0 spiro atoms. The Morgan fingerprint density at radius 1 is 1.18 bits per heavy atom. The maximum Gasteiger partial charge on any atom is 0.293 e. The summed E-state index contributed by atoms with van der Waals surface area (Å²) in [5.41, 5.74) is -0.0960. The highest BCUT2D eigenvalue weighted by Crippen LogP contribution is 2.33. The number of nitrogens with one attached hydrogen (secondary N) is 1. The number of Topliss-reactive ketones (excluding diaryl/α,β-unsaturated/α-hetero) is 1. The maximum atomic E-state index is 13.6. The number of likely N-dealkylation sites (tertiary alicyclic amines) is 1. The highest BCUT2D eigenvalue weighted by atomic mass is 32.2. The van der Waals surface area contributed by atoms with E-state index in [-0.39, 0.29) is 24.4 Å². The van der Waals surface area contributed by atoms with Crippen LogP contribution in [-0.4, -0.2) is 76.5 Å². The number of aromatic nitrogens is 1. The number of carbonyl (C=O) groups is 4. The summed E-state index contributed by atoms with van der Waals surface area (Å²) >= 11 is 1.33. The Morgan fingerprint density at radius 3 is 2.68 bits per heavy atom. The smallest absolute Gasteiger partial charge is 0.293 e. The van der Waals surface area contributed by atoms with E-state index in [1.54, 1.807) is 6.07 Å². The lowest BCUT2D eigenvalue weighted by Gasteiger charge is -2.28. The van der Waals surface area contributed by atoms with Crippen LogP contribution >= 0.6 is 11.3 Å². The summed E-state index contributed by atoms with van der Waals surface area (Å²) in [6.45, 7) is 1.55. The second-order valence-electron chi connectivity index (χ2n) is 9.34. The molecule has 5 rings (SSSR count). The molecule has 1 aromatic carbocycles. The van der Waals surface area contributed by atoms with Crippen LogP contribution in [0.3, 0.4) is 0 Å². The van der Waals surface area contributed by atoms with E-state index in [0.717, 1.165) is 20.6 Å². The fourth-order valence-electron chi connectivity index (χ4n) is 5.15. The van der Waals surface area contributed by atoms with Crippen molar-refractivity contribution in [3.63, 3.8) is 0 Å². The summed E-state index contributed by atoms with van der Waals surface area (Å²) in [7, 11) is -4.50. The minimum atomic E-state index is -4.50. The van der Waals surface area contributed by atoms with Gasteiger partial charge in [-0.2, -0.15) is 4.31 Å². The van der Waals surface area contributed by atoms with Crippen LogP contribution in [0.4, 0.5) is 0 Å². The summed E-state index contributed by atoms with van der Waals surface area (Å²) in [5, 5.41) is 2.62. The summed E-state index contributed by atoms with van der Waals surface area (Å²) < 4.78 is 28.2. The highest BCUT2D eigenvalue weighted by Gasteiger charge is 2.55. The van der Waals surface area contributed by atoms with Crippen LogP contribution in [0.5, 0.6) is 0 Å². The second kappa shape index (κ2) is 10.4. The van der Waals surface area contributed by atoms with Crippen molar-refractivity contribution in [2.45, 2.75) is 44.3 Å². The lowest BCUT2D eigenvalue weighted by Crippen LogP contribution is -2.52. The van der Waals surface area contributed by atoms with Crippen LogP contribution in [0.25, 0.3) is 10.1 Å². The van der Waals surface area contributed by atoms with Crippen LogP contribution in [0.15, 0.2) is 54.9 Å². The molecule has 3 atom stereocenters. The van der Waals surface area contributed by atoms with E-state index < -0.39 is 51.5 Å². The number of pyridine rings is 1. The fraction of sp³-hybridized carbons (Fsp3) is 0.346. The topological polar surface area (TPSA) is 134 Å². The van der Waals surface area contributed by atoms with Crippen molar-refractivity contribution in [2.24, 2.45) is 0 Å². The van der Waals surface area contributed by atoms with Gasteiger partial charge in [0.1, 0.15) is 12.1 Å². The molecule has 2 aliphatic rings. The third kappa shape index (κ3) is 4.63. The lowest BCUT2D eigenvalue weighted by molar-refractivity contribution is -0.138. The first kappa shape index (κ1) is 26.1. The number of rotatable bonds is 7. The molecule has 38 heavy (non-hydrogen) atoms. The summed E-state index contributed by atoms with van der Waals surface area (Å²) in [4.78, 5) is 58.0. The molecule has 12 heteroatoms. The molecular formula is C26H26N4O6S2. The van der Waals surface area contributed by atoms with Crippen LogP contribution in [0.2, 0.25) is 0 Å². The molecule has 0 saturated carbocycles. The van der Waals surface area contributed by atoms with E-state index in [1.807, 2.05) is 31.2 Å². The van der Waals surface area contributed by atoms with Crippen molar-refractivity contribution >= 4 is 54.2 Å². The van der Waals surface area contributed by atoms with E-state index in [2.05, 4.69) is 10.3 Å². The van der Waals surface area contributed by atoms with Gasteiger partial charge in [0, 0.05) is 23.6 Å². The summed E-state index contributed by atoms with van der Waals surface area (Å²) in [6.07, 6.45) is 3.77. The van der Waals surface area contributed by atoms with Gasteiger partial charge in [0.2, 0.25) is 5.91 Å². The standard InChI is InChI=1S/C26H26N4O6S2/c1-2-6-18(28-24(32)22-13-16-7-3-4-9-21(16)37-22)25(33)29-12-10-19-23(29)20(31)15-30(19)38(35,36)26(34)17-8-5-11-27-14-17/h3-5,7-9,11,13-14,18-19,23H,2,6,10,12,15H2,1H3,(H,28,32). The van der Waals surface area contributed by atoms with Crippen molar-refractivity contribution in [1.29, 1.82) is 0 Å². The number of thiophene rings is 1. The van der Waals surface area contributed by atoms with Crippen molar-refractivity contribution in [3.05, 3.63) is 65.3 Å². The van der Waals surface area contributed by atoms with E-state index in [1.165, 1.54) is 34.6 Å². The Kier molecular flexibility index (Phi) is 7.12. The van der Waals surface area contributed by atoms with Gasteiger partial charge in [-0.1, -0.05) is 31.5 Å². The Balaban J connectivity index is 1.34. The molecular weight excluding hydrogens is 528 g/mol. The SMILES string of the molecule is CCCC(NC(=O)c1cc2ccccc2s1)C(=O)N1CCC2C1C(=O)CN2S(=O)(=O)C(=O)c1cccnc1. The largest absolute Gasteiger partial charge is 0.340 e. The monoisotopic (exact) mass is 554 g/mol. The third-order valence-corrected chi connectivity index (χ3v) is 9.77. The van der Waals surface area contributed by atoms with Gasteiger partial charge in [0.05, 0.1) is 23.0 Å². The highest BCUT2D eigenvalue weighted by molar-refractivity contribution is 8.04. The second-order valence-corrected chi connectivity index (χ2v) is 12.2. The first-order valence-electron chi connectivity index (χ1n) is 12.3. The molecule has 0 radical (unpaired) electrons. The minimum absolute atomic E-state index is 0.0960. The predicted octanol–water partition coefficient (Wildman–Crippen LogP) is 2.22. The molecule has 2 aromatic heterocycles. The van der Waals surface area contributed by atoms with Crippen molar-refractivity contribution in [2.75, 3.05) is 13.1 Å². The quantitative estimate of drug-likeness (QED) is 0.473. The van der Waals surface area contributed by atoms with Gasteiger partial charge in [-0.15, -0.1) is 11.3 Å². The first-order valence-corrected chi connectivity index (χ1v) is 14.6. The number of nitrogens with zero attached hydrogens (tertiary/aromatic N) is 3. The number of hydrogen-bond acceptors (Lipinski definition) is 8. The van der Waals surface area contributed by atoms with Crippen LogP contribution in [-0.2, 0) is 19.6 Å². The molecule has 2 saturated heterocycles. The van der Waals surface area contributed by atoms with Gasteiger partial charge in [-0.3, -0.25) is 24.2 Å². The van der Waals surface area contributed by atoms with Gasteiger partial charge < -0.3 is 10.2 Å². The maximum absolute atomic E-state index is 13.6. The first-order chi connectivity index (χ1) is 18.2. The Labute approximate surface area is 223 Å². The number of benzene rings is 1. The zero-order valence-corrected chi connectivity index (χ0v) is 22.2. The van der Waals surface area contributed by atoms with Gasteiger partial charge >= 0.3 is 0 Å². The Hall–Kier alpha value is -3.48. The number of amides is 2.